The van der Waals surface area contributed by atoms with E-state index in [2.05, 4.69) is 4.98 Å². The van der Waals surface area contributed by atoms with E-state index < -0.39 is 38.3 Å². The minimum atomic E-state index is -4.43. The van der Waals surface area contributed by atoms with Gasteiger partial charge in [0.2, 0.25) is 5.13 Å². The van der Waals surface area contributed by atoms with E-state index in [4.69, 9.17) is 27.9 Å². The Morgan fingerprint density at radius 1 is 1.29 bits per heavy atom. The molecule has 0 fully saturated rings. The molecule has 0 amide bonds. The first-order valence-corrected chi connectivity index (χ1v) is 9.57. The van der Waals surface area contributed by atoms with E-state index in [1.807, 2.05) is 0 Å². The van der Waals surface area contributed by atoms with Crippen LogP contribution in [0.5, 0.6) is 0 Å². The van der Waals surface area contributed by atoms with Crippen molar-refractivity contribution in [1.82, 2.24) is 4.98 Å². The molecule has 0 radical (unpaired) electrons. The van der Waals surface area contributed by atoms with Crippen LogP contribution in [0.25, 0.3) is 0 Å². The van der Waals surface area contributed by atoms with Crippen LogP contribution in [-0.2, 0) is 14.8 Å². The summed E-state index contributed by atoms with van der Waals surface area (Å²) in [5.74, 6) is -2.32. The van der Waals surface area contributed by atoms with Crippen LogP contribution in [0.15, 0.2) is 17.0 Å². The maximum Gasteiger partial charge on any atom is 0.271 e. The van der Waals surface area contributed by atoms with Crippen molar-refractivity contribution in [2.24, 2.45) is 0 Å². The highest BCUT2D eigenvalue weighted by atomic mass is 35.5. The zero-order valence-corrected chi connectivity index (χ0v) is 15.7. The summed E-state index contributed by atoms with van der Waals surface area (Å²) in [4.78, 5) is 3.27. The van der Waals surface area contributed by atoms with Crippen molar-refractivity contribution in [3.8, 4) is 0 Å². The van der Waals surface area contributed by atoms with E-state index in [9.17, 15) is 17.2 Å². The number of hydrogen-bond acceptors (Lipinski definition) is 5. The largest absolute Gasteiger partial charge is 0.360 e. The quantitative estimate of drug-likeness (QED) is 0.522. The fourth-order valence-corrected chi connectivity index (χ4v) is 4.54. The molecule has 0 aliphatic rings. The van der Waals surface area contributed by atoms with Crippen LogP contribution in [0.1, 0.15) is 12.6 Å². The van der Waals surface area contributed by atoms with Gasteiger partial charge in [0.15, 0.2) is 0 Å². The highest BCUT2D eigenvalue weighted by Gasteiger charge is 2.31. The molecule has 1 aromatic heterocycles. The lowest BCUT2D eigenvalue weighted by Gasteiger charge is -2.21. The molecule has 1 aromatic carbocycles. The first-order valence-electron chi connectivity index (χ1n) is 6.56. The summed E-state index contributed by atoms with van der Waals surface area (Å²) in [6.45, 7) is 3.08. The molecule has 5 nitrogen and oxygen atoms in total. The molecule has 11 heteroatoms. The molecule has 0 spiro atoms. The predicted molar refractivity (Wildman–Crippen MR) is 89.4 cm³/mol. The van der Waals surface area contributed by atoms with Crippen LogP contribution in [0.4, 0.5) is 13.9 Å². The van der Waals surface area contributed by atoms with Crippen LogP contribution in [0, 0.1) is 18.6 Å². The van der Waals surface area contributed by atoms with Crippen molar-refractivity contribution >= 4 is 49.7 Å². The first-order chi connectivity index (χ1) is 11.2. The number of sulfonamides is 1. The van der Waals surface area contributed by atoms with Crippen LogP contribution in [0.3, 0.4) is 0 Å². The molecule has 0 bridgehead atoms. The molecule has 0 saturated heterocycles. The van der Waals surface area contributed by atoms with Gasteiger partial charge in [0.25, 0.3) is 10.0 Å². The highest BCUT2D eigenvalue weighted by molar-refractivity contribution is 7.93. The van der Waals surface area contributed by atoms with Crippen molar-refractivity contribution < 1.29 is 21.9 Å². The van der Waals surface area contributed by atoms with E-state index in [1.54, 1.807) is 13.8 Å². The number of aryl methyl sites for hydroxylation is 1. The summed E-state index contributed by atoms with van der Waals surface area (Å²) in [6.07, 6.45) is 0. The van der Waals surface area contributed by atoms with Crippen molar-refractivity contribution in [1.29, 1.82) is 0 Å². The number of anilines is 1. The Hall–Kier alpha value is -1.00. The summed E-state index contributed by atoms with van der Waals surface area (Å²) in [7, 11) is -4.43. The van der Waals surface area contributed by atoms with Gasteiger partial charge in [-0.2, -0.15) is 0 Å². The third-order valence-corrected chi connectivity index (χ3v) is 6.50. The number of benzene rings is 1. The molecule has 0 saturated carbocycles. The van der Waals surface area contributed by atoms with Gasteiger partial charge in [-0.25, -0.2) is 26.5 Å². The highest BCUT2D eigenvalue weighted by Crippen LogP contribution is 2.34. The molecule has 2 rings (SSSR count). The minimum absolute atomic E-state index is 0.00537. The number of aromatic nitrogens is 1. The number of halogens is 4. The van der Waals surface area contributed by atoms with Gasteiger partial charge in [0, 0.05) is 12.7 Å². The minimum Gasteiger partial charge on any atom is -0.360 e. The second-order valence-corrected chi connectivity index (χ2v) is 8.35. The predicted octanol–water partition coefficient (Wildman–Crippen LogP) is 4.23. The van der Waals surface area contributed by atoms with Gasteiger partial charge in [-0.3, -0.25) is 0 Å². The average Bonchev–Trinajstić information content (AvgIpc) is 2.82. The molecule has 0 aliphatic heterocycles. The summed E-state index contributed by atoms with van der Waals surface area (Å²) in [6, 6.07) is 1.12. The molecule has 0 N–H and O–H groups in total. The average molecular weight is 417 g/mol. The number of rotatable bonds is 6. The van der Waals surface area contributed by atoms with E-state index in [1.165, 1.54) is 0 Å². The third-order valence-electron chi connectivity index (χ3n) is 2.90. The van der Waals surface area contributed by atoms with Gasteiger partial charge in [-0.05, 0) is 19.9 Å². The second kappa shape index (κ2) is 7.49. The lowest BCUT2D eigenvalue weighted by molar-refractivity contribution is 0.157. The fraction of sp³-hybridized carbons (Fsp3) is 0.308. The van der Waals surface area contributed by atoms with Gasteiger partial charge in [0.05, 0.1) is 10.7 Å². The van der Waals surface area contributed by atoms with Crippen LogP contribution in [0.2, 0.25) is 9.36 Å². The molecule has 132 valence electrons. The monoisotopic (exact) mass is 416 g/mol. The maximum atomic E-state index is 14.0. The van der Waals surface area contributed by atoms with Gasteiger partial charge in [-0.15, -0.1) is 0 Å². The fourth-order valence-electron chi connectivity index (χ4n) is 1.69. The number of nitrogens with zero attached hydrogens (tertiary/aromatic N) is 2. The van der Waals surface area contributed by atoms with Gasteiger partial charge in [-0.1, -0.05) is 34.5 Å². The van der Waals surface area contributed by atoms with Crippen molar-refractivity contribution in [2.45, 2.75) is 18.7 Å². The molecular weight excluding hydrogens is 405 g/mol. The Morgan fingerprint density at radius 3 is 2.50 bits per heavy atom. The summed E-state index contributed by atoms with van der Waals surface area (Å²) in [5.41, 5.74) is 0.422. The van der Waals surface area contributed by atoms with Crippen LogP contribution >= 0.6 is 34.5 Å². The topological polar surface area (TPSA) is 59.5 Å². The molecule has 24 heavy (non-hydrogen) atoms. The van der Waals surface area contributed by atoms with Crippen molar-refractivity contribution in [3.63, 3.8) is 0 Å². The Balaban J connectivity index is 2.57. The lowest BCUT2D eigenvalue weighted by atomic mass is 10.3. The van der Waals surface area contributed by atoms with E-state index in [0.29, 0.717) is 22.2 Å². The van der Waals surface area contributed by atoms with Crippen LogP contribution in [-0.4, -0.2) is 26.7 Å². The third kappa shape index (κ3) is 3.80. The zero-order chi connectivity index (χ0) is 18.1. The lowest BCUT2D eigenvalue weighted by Crippen LogP contribution is -2.34. The molecule has 2 aromatic rings. The maximum absolute atomic E-state index is 14.0. The Labute approximate surface area is 151 Å². The van der Waals surface area contributed by atoms with E-state index in [-0.39, 0.29) is 11.7 Å². The number of hydrogen-bond donors (Lipinski definition) is 0. The number of thiazole rings is 1. The van der Waals surface area contributed by atoms with Gasteiger partial charge >= 0.3 is 0 Å². The molecule has 0 aliphatic carbocycles. The van der Waals surface area contributed by atoms with E-state index in [0.717, 1.165) is 15.6 Å². The van der Waals surface area contributed by atoms with Crippen molar-refractivity contribution in [3.05, 3.63) is 38.8 Å². The molecule has 0 atom stereocenters. The molecular formula is C13H12Cl2F2N2O3S2. The molecule has 0 unspecified atom stereocenters. The normalized spacial score (nSPS) is 11.8. The Morgan fingerprint density at radius 2 is 1.96 bits per heavy atom. The van der Waals surface area contributed by atoms with Crippen LogP contribution < -0.4 is 4.31 Å². The summed E-state index contributed by atoms with van der Waals surface area (Å²) in [5, 5.41) is -0.509. The molecule has 1 heterocycles. The van der Waals surface area contributed by atoms with E-state index >= 15 is 0 Å². The smallest absolute Gasteiger partial charge is 0.271 e. The SMILES string of the molecule is CCOCN(c1nc(C)c(Cl)s1)S(=O)(=O)c1cc(Cl)c(F)cc1F. The second-order valence-electron chi connectivity index (χ2n) is 4.53. The first kappa shape index (κ1) is 19.3. The standard InChI is InChI=1S/C13H12Cl2F2N2O3S2/c1-3-22-6-19(13-18-7(2)12(15)23-13)24(20,21)11-4-8(14)9(16)5-10(11)17/h4-5H,3,6H2,1-2H3. The van der Waals surface area contributed by atoms with Crippen molar-refractivity contribution in [2.75, 3.05) is 17.6 Å². The zero-order valence-electron chi connectivity index (χ0n) is 12.5. The van der Waals surface area contributed by atoms with Gasteiger partial charge < -0.3 is 4.74 Å². The Bertz CT molecular complexity index is 840. The summed E-state index contributed by atoms with van der Waals surface area (Å²) < 4.78 is 59.1. The number of ether oxygens (including phenoxy) is 1. The summed E-state index contributed by atoms with van der Waals surface area (Å²) >= 11 is 12.4. The van der Waals surface area contributed by atoms with Gasteiger partial charge in [0.1, 0.15) is 27.6 Å². The Kier molecular flexibility index (Phi) is 6.03.